The summed E-state index contributed by atoms with van der Waals surface area (Å²) >= 11 is 6.47. The first-order valence-electron chi connectivity index (χ1n) is 6.18. The molecule has 0 N–H and O–H groups in total. The molecule has 1 nitrogen and oxygen atoms in total. The topological polar surface area (TPSA) is 12.9 Å². The van der Waals surface area contributed by atoms with Crippen LogP contribution in [0.15, 0.2) is 36.4 Å². The highest BCUT2D eigenvalue weighted by atomic mass is 35.5. The lowest BCUT2D eigenvalue weighted by Crippen LogP contribution is -1.95. The number of pyridine rings is 1. The number of hydrogen-bond acceptors (Lipinski definition) is 1. The molecule has 0 aliphatic rings. The molecule has 0 saturated carbocycles. The summed E-state index contributed by atoms with van der Waals surface area (Å²) in [5, 5.41) is 4.26. The molecule has 18 heavy (non-hydrogen) atoms. The maximum absolute atomic E-state index is 6.47. The molecule has 0 fully saturated rings. The zero-order chi connectivity index (χ0) is 12.7. The van der Waals surface area contributed by atoms with E-state index in [-0.39, 0.29) is 0 Å². The summed E-state index contributed by atoms with van der Waals surface area (Å²) in [6.07, 6.45) is 0.907. The molecular weight excluding hydrogens is 242 g/mol. The van der Waals surface area contributed by atoms with Crippen LogP contribution < -0.4 is 0 Å². The molecule has 90 valence electrons. The summed E-state index contributed by atoms with van der Waals surface area (Å²) in [5.74, 6) is 0. The van der Waals surface area contributed by atoms with Gasteiger partial charge in [-0.1, -0.05) is 54.9 Å². The van der Waals surface area contributed by atoms with E-state index in [0.29, 0.717) is 0 Å². The third kappa shape index (κ3) is 1.58. The smallest absolute Gasteiger partial charge is 0.0798 e. The molecule has 0 aliphatic carbocycles. The minimum absolute atomic E-state index is 0.836. The number of aryl methyl sites for hydroxylation is 1. The zero-order valence-corrected chi connectivity index (χ0v) is 11.3. The van der Waals surface area contributed by atoms with Crippen LogP contribution in [0.3, 0.4) is 0 Å². The molecular formula is C16H14ClN. The summed E-state index contributed by atoms with van der Waals surface area (Å²) in [7, 11) is 0. The van der Waals surface area contributed by atoms with E-state index in [1.165, 1.54) is 10.8 Å². The van der Waals surface area contributed by atoms with Gasteiger partial charge < -0.3 is 0 Å². The fraction of sp³-hybridized carbons (Fsp3) is 0.188. The Labute approximate surface area is 111 Å². The standard InChI is InChI=1S/C16H14ClN/c1-3-14-10(2)15(17)13-9-8-11-6-4-5-7-12(11)16(13)18-14/h4-9H,3H2,1-2H3. The molecule has 0 bridgehead atoms. The van der Waals surface area contributed by atoms with Gasteiger partial charge in [0.1, 0.15) is 0 Å². The van der Waals surface area contributed by atoms with Gasteiger partial charge in [0.2, 0.25) is 0 Å². The number of hydrogen-bond donors (Lipinski definition) is 0. The van der Waals surface area contributed by atoms with E-state index in [0.717, 1.165) is 33.6 Å². The van der Waals surface area contributed by atoms with Gasteiger partial charge >= 0.3 is 0 Å². The third-order valence-electron chi connectivity index (χ3n) is 3.48. The maximum Gasteiger partial charge on any atom is 0.0798 e. The average Bonchev–Trinajstić information content (AvgIpc) is 2.42. The van der Waals surface area contributed by atoms with Gasteiger partial charge in [-0.05, 0) is 24.3 Å². The van der Waals surface area contributed by atoms with Gasteiger partial charge in [-0.3, -0.25) is 4.98 Å². The van der Waals surface area contributed by atoms with Gasteiger partial charge in [0.25, 0.3) is 0 Å². The molecule has 2 aromatic carbocycles. The van der Waals surface area contributed by atoms with E-state index in [4.69, 9.17) is 16.6 Å². The number of halogens is 1. The Morgan fingerprint density at radius 2 is 1.83 bits per heavy atom. The number of fused-ring (bicyclic) bond motifs is 3. The number of aromatic nitrogens is 1. The van der Waals surface area contributed by atoms with Crippen molar-refractivity contribution in [3.8, 4) is 0 Å². The van der Waals surface area contributed by atoms with E-state index in [1.807, 2.05) is 19.1 Å². The molecule has 0 aliphatic heterocycles. The number of nitrogens with zero attached hydrogens (tertiary/aromatic N) is 1. The lowest BCUT2D eigenvalue weighted by molar-refractivity contribution is 1.03. The second kappa shape index (κ2) is 4.25. The quantitative estimate of drug-likeness (QED) is 0.563. The van der Waals surface area contributed by atoms with Crippen molar-refractivity contribution in [3.63, 3.8) is 0 Å². The summed E-state index contributed by atoms with van der Waals surface area (Å²) in [5.41, 5.74) is 3.20. The van der Waals surface area contributed by atoms with Crippen molar-refractivity contribution in [1.29, 1.82) is 0 Å². The molecule has 0 amide bonds. The van der Waals surface area contributed by atoms with Crippen molar-refractivity contribution in [2.45, 2.75) is 20.3 Å². The summed E-state index contributed by atoms with van der Waals surface area (Å²) in [6, 6.07) is 12.5. The van der Waals surface area contributed by atoms with Crippen LogP contribution in [0.25, 0.3) is 21.7 Å². The van der Waals surface area contributed by atoms with Crippen molar-refractivity contribution in [2.75, 3.05) is 0 Å². The highest BCUT2D eigenvalue weighted by Crippen LogP contribution is 2.32. The number of benzene rings is 2. The van der Waals surface area contributed by atoms with Gasteiger partial charge in [-0.25, -0.2) is 0 Å². The second-order valence-electron chi connectivity index (χ2n) is 4.53. The Morgan fingerprint density at radius 1 is 1.06 bits per heavy atom. The van der Waals surface area contributed by atoms with Crippen LogP contribution in [0.2, 0.25) is 5.02 Å². The van der Waals surface area contributed by atoms with Gasteiger partial charge in [-0.2, -0.15) is 0 Å². The van der Waals surface area contributed by atoms with Crippen molar-refractivity contribution >= 4 is 33.3 Å². The SMILES string of the molecule is CCc1nc2c(ccc3ccccc32)c(Cl)c1C. The minimum atomic E-state index is 0.836. The Morgan fingerprint density at radius 3 is 2.61 bits per heavy atom. The van der Waals surface area contributed by atoms with Crippen molar-refractivity contribution in [3.05, 3.63) is 52.7 Å². The van der Waals surface area contributed by atoms with E-state index < -0.39 is 0 Å². The normalized spacial score (nSPS) is 11.3. The van der Waals surface area contributed by atoms with Crippen molar-refractivity contribution in [2.24, 2.45) is 0 Å². The van der Waals surface area contributed by atoms with Gasteiger partial charge in [0.05, 0.1) is 10.5 Å². The first-order chi connectivity index (χ1) is 8.72. The first kappa shape index (κ1) is 11.5. The van der Waals surface area contributed by atoms with Crippen LogP contribution in [0.1, 0.15) is 18.2 Å². The van der Waals surface area contributed by atoms with Crippen molar-refractivity contribution < 1.29 is 0 Å². The molecule has 0 radical (unpaired) electrons. The minimum Gasteiger partial charge on any atom is -0.252 e. The van der Waals surface area contributed by atoms with Crippen LogP contribution in [0, 0.1) is 6.92 Å². The Hall–Kier alpha value is -1.60. The summed E-state index contributed by atoms with van der Waals surface area (Å²) < 4.78 is 0. The van der Waals surface area contributed by atoms with E-state index >= 15 is 0 Å². The first-order valence-corrected chi connectivity index (χ1v) is 6.56. The predicted octanol–water partition coefficient (Wildman–Crippen LogP) is 4.91. The highest BCUT2D eigenvalue weighted by molar-refractivity contribution is 6.37. The summed E-state index contributed by atoms with van der Waals surface area (Å²) in [6.45, 7) is 4.16. The highest BCUT2D eigenvalue weighted by Gasteiger charge is 2.10. The predicted molar refractivity (Wildman–Crippen MR) is 78.4 cm³/mol. The molecule has 2 heteroatoms. The molecule has 0 saturated heterocycles. The van der Waals surface area contributed by atoms with Gasteiger partial charge in [0, 0.05) is 16.5 Å². The van der Waals surface area contributed by atoms with Crippen LogP contribution >= 0.6 is 11.6 Å². The Bertz CT molecular complexity index is 747. The lowest BCUT2D eigenvalue weighted by atomic mass is 10.0. The zero-order valence-electron chi connectivity index (χ0n) is 10.5. The van der Waals surface area contributed by atoms with E-state index in [2.05, 4.69) is 31.2 Å². The fourth-order valence-corrected chi connectivity index (χ4v) is 2.71. The van der Waals surface area contributed by atoms with Gasteiger partial charge in [0.15, 0.2) is 0 Å². The molecule has 0 atom stereocenters. The monoisotopic (exact) mass is 255 g/mol. The molecule has 3 aromatic rings. The fourth-order valence-electron chi connectivity index (χ4n) is 2.44. The largest absolute Gasteiger partial charge is 0.252 e. The van der Waals surface area contributed by atoms with Crippen LogP contribution in [-0.2, 0) is 6.42 Å². The van der Waals surface area contributed by atoms with E-state index in [1.54, 1.807) is 0 Å². The summed E-state index contributed by atoms with van der Waals surface area (Å²) in [4.78, 5) is 4.80. The number of rotatable bonds is 1. The average molecular weight is 256 g/mol. The maximum atomic E-state index is 6.47. The molecule has 0 unspecified atom stereocenters. The molecule has 3 rings (SSSR count). The lowest BCUT2D eigenvalue weighted by Gasteiger charge is -2.10. The van der Waals surface area contributed by atoms with Gasteiger partial charge in [-0.15, -0.1) is 0 Å². The van der Waals surface area contributed by atoms with Crippen LogP contribution in [-0.4, -0.2) is 4.98 Å². The molecule has 1 heterocycles. The second-order valence-corrected chi connectivity index (χ2v) is 4.91. The Kier molecular flexibility index (Phi) is 2.71. The molecule has 0 spiro atoms. The Balaban J connectivity index is 2.54. The van der Waals surface area contributed by atoms with Crippen LogP contribution in [0.5, 0.6) is 0 Å². The van der Waals surface area contributed by atoms with Crippen LogP contribution in [0.4, 0.5) is 0 Å². The third-order valence-corrected chi connectivity index (χ3v) is 3.97. The molecule has 1 aromatic heterocycles. The van der Waals surface area contributed by atoms with E-state index in [9.17, 15) is 0 Å². The van der Waals surface area contributed by atoms with Crippen molar-refractivity contribution in [1.82, 2.24) is 4.98 Å².